The average Bonchev–Trinajstić information content (AvgIpc) is 3.17. The van der Waals surface area contributed by atoms with Gasteiger partial charge in [0.15, 0.2) is 13.8 Å². The van der Waals surface area contributed by atoms with Crippen LogP contribution >= 0.6 is 32.9 Å². The molecule has 0 radical (unpaired) electrons. The first-order valence-corrected chi connectivity index (χ1v) is 13.1. The summed E-state index contributed by atoms with van der Waals surface area (Å²) in [5.74, 6) is -0.0196. The molecule has 3 aromatic rings. The largest absolute Gasteiger partial charge is 0.497 e. The number of hydrogen-bond acceptors (Lipinski definition) is 8. The lowest BCUT2D eigenvalue weighted by Gasteiger charge is -2.16. The van der Waals surface area contributed by atoms with E-state index in [-0.39, 0.29) is 10.8 Å². The first-order chi connectivity index (χ1) is 14.2. The highest BCUT2D eigenvalue weighted by atomic mass is 32.9. The van der Waals surface area contributed by atoms with E-state index in [1.54, 1.807) is 62.4 Å². The molecule has 1 heterocycles. The maximum absolute atomic E-state index is 12.9. The third kappa shape index (κ3) is 4.94. The number of hydrogen-bond donors (Lipinski definition) is 1. The Morgan fingerprint density at radius 1 is 1.03 bits per heavy atom. The fourth-order valence-corrected chi connectivity index (χ4v) is 6.11. The number of sulfone groups is 1. The number of aromatic nitrogens is 1. The summed E-state index contributed by atoms with van der Waals surface area (Å²) in [5.41, 5.74) is 1.43. The van der Waals surface area contributed by atoms with Gasteiger partial charge in [0.2, 0.25) is 11.0 Å². The highest BCUT2D eigenvalue weighted by Crippen LogP contribution is 2.30. The van der Waals surface area contributed by atoms with Gasteiger partial charge in [-0.05, 0) is 82.1 Å². The molecular weight excluding hydrogens is 460 g/mol. The molecule has 1 aromatic heterocycles. The number of benzene rings is 2. The van der Waals surface area contributed by atoms with E-state index < -0.39 is 21.0 Å². The Morgan fingerprint density at radius 2 is 1.63 bits per heavy atom. The fraction of sp³-hybridized carbons (Fsp3) is 0.250. The lowest BCUT2D eigenvalue weighted by atomic mass is 9.98. The topological polar surface area (TPSA) is 85.4 Å². The van der Waals surface area contributed by atoms with Gasteiger partial charge in [0.25, 0.3) is 0 Å². The number of anilines is 1. The second kappa shape index (κ2) is 9.34. The first-order valence-electron chi connectivity index (χ1n) is 8.98. The molecule has 0 aliphatic carbocycles. The van der Waals surface area contributed by atoms with Crippen LogP contribution in [0.5, 0.6) is 5.75 Å². The van der Waals surface area contributed by atoms with E-state index >= 15 is 0 Å². The van der Waals surface area contributed by atoms with Gasteiger partial charge in [-0.15, -0.1) is 0 Å². The molecule has 0 fully saturated rings. The number of methoxy groups -OCH3 is 1. The van der Waals surface area contributed by atoms with E-state index in [4.69, 9.17) is 17.0 Å². The second-order valence-corrected chi connectivity index (χ2v) is 11.6. The van der Waals surface area contributed by atoms with E-state index in [1.165, 1.54) is 27.8 Å². The van der Waals surface area contributed by atoms with Crippen LogP contribution < -0.4 is 10.1 Å². The predicted octanol–water partition coefficient (Wildman–Crippen LogP) is 5.22. The van der Waals surface area contributed by atoms with Crippen LogP contribution in [0.15, 0.2) is 53.4 Å². The van der Waals surface area contributed by atoms with Gasteiger partial charge in [-0.2, -0.15) is 4.98 Å². The summed E-state index contributed by atoms with van der Waals surface area (Å²) >= 11 is 4.97. The normalized spacial score (nSPS) is 13.4. The van der Waals surface area contributed by atoms with Gasteiger partial charge in [0, 0.05) is 0 Å². The van der Waals surface area contributed by atoms with Crippen molar-refractivity contribution in [3.05, 3.63) is 63.6 Å². The van der Waals surface area contributed by atoms with Crippen molar-refractivity contribution in [2.45, 2.75) is 29.9 Å². The van der Waals surface area contributed by atoms with Crippen LogP contribution in [-0.2, 0) is 14.6 Å². The Labute approximate surface area is 187 Å². The second-order valence-electron chi connectivity index (χ2n) is 6.59. The number of amides is 1. The van der Waals surface area contributed by atoms with Gasteiger partial charge in [-0.1, -0.05) is 24.3 Å². The van der Waals surface area contributed by atoms with Crippen molar-refractivity contribution in [2.75, 3.05) is 12.4 Å². The third-order valence-electron chi connectivity index (χ3n) is 4.77. The number of carbonyl (C=O) groups excluding carboxylic acids is 1. The van der Waals surface area contributed by atoms with E-state index in [1.807, 2.05) is 0 Å². The molecule has 3 rings (SSSR count). The first kappa shape index (κ1) is 22.5. The maximum Gasteiger partial charge on any atom is 0.233 e. The SMILES string of the molecule is COc1ccc(S(=O)(=O)[C@@H](C)c2ccc(C(C)C(=O)Nc3nc(=S)ss3)cc2)cc1. The number of nitrogens with one attached hydrogen (secondary N) is 1. The van der Waals surface area contributed by atoms with Crippen molar-refractivity contribution in [1.82, 2.24) is 4.98 Å². The summed E-state index contributed by atoms with van der Waals surface area (Å²) in [7, 11) is 0.623. The molecule has 0 aliphatic rings. The van der Waals surface area contributed by atoms with E-state index in [0.29, 0.717) is 20.4 Å². The van der Waals surface area contributed by atoms with E-state index in [9.17, 15) is 13.2 Å². The Hall–Kier alpha value is -2.14. The van der Waals surface area contributed by atoms with Crippen LogP contribution in [0.25, 0.3) is 0 Å². The van der Waals surface area contributed by atoms with Gasteiger partial charge in [0.05, 0.1) is 23.2 Å². The van der Waals surface area contributed by atoms with Crippen molar-refractivity contribution in [1.29, 1.82) is 0 Å². The molecule has 1 amide bonds. The molecule has 2 aromatic carbocycles. The molecule has 30 heavy (non-hydrogen) atoms. The molecular formula is C20H20N2O4S4. The number of rotatable bonds is 7. The van der Waals surface area contributed by atoms with Crippen molar-refractivity contribution < 1.29 is 17.9 Å². The van der Waals surface area contributed by atoms with Gasteiger partial charge in [-0.25, -0.2) is 8.42 Å². The summed E-state index contributed by atoms with van der Waals surface area (Å²) in [5, 5.41) is 2.51. The van der Waals surface area contributed by atoms with Crippen LogP contribution in [0.1, 0.15) is 36.1 Å². The van der Waals surface area contributed by atoms with Crippen molar-refractivity contribution in [2.24, 2.45) is 0 Å². The molecule has 0 spiro atoms. The molecule has 1 unspecified atom stereocenters. The van der Waals surface area contributed by atoms with Gasteiger partial charge in [0.1, 0.15) is 5.75 Å². The van der Waals surface area contributed by atoms with Gasteiger partial charge < -0.3 is 10.1 Å². The van der Waals surface area contributed by atoms with Gasteiger partial charge >= 0.3 is 0 Å². The van der Waals surface area contributed by atoms with E-state index in [0.717, 1.165) is 5.56 Å². The van der Waals surface area contributed by atoms with E-state index in [2.05, 4.69) is 10.3 Å². The summed E-state index contributed by atoms with van der Waals surface area (Å²) in [6.45, 7) is 3.44. The highest BCUT2D eigenvalue weighted by molar-refractivity contribution is 7.91. The molecule has 10 heteroatoms. The van der Waals surface area contributed by atoms with Gasteiger partial charge in [-0.3, -0.25) is 4.79 Å². The Morgan fingerprint density at radius 3 is 2.17 bits per heavy atom. The third-order valence-corrected chi connectivity index (χ3v) is 9.42. The lowest BCUT2D eigenvalue weighted by Crippen LogP contribution is -2.19. The minimum absolute atomic E-state index is 0.196. The molecule has 6 nitrogen and oxygen atoms in total. The zero-order valence-electron chi connectivity index (χ0n) is 16.5. The molecule has 1 N–H and O–H groups in total. The standard InChI is InChI=1S/C20H20N2O4S4/c1-12(18(23)21-19-22-20(27)29-28-19)14-4-6-15(7-5-14)13(2)30(24,25)17-10-8-16(26-3)9-11-17/h4-13H,1-3H3,(H,21,22,23,27)/t12?,13-/m0/s1. The minimum atomic E-state index is -3.56. The molecule has 0 bridgehead atoms. The van der Waals surface area contributed by atoms with Crippen LogP contribution in [0, 0.1) is 3.95 Å². The van der Waals surface area contributed by atoms with Crippen molar-refractivity contribution in [3.63, 3.8) is 0 Å². The zero-order valence-corrected chi connectivity index (χ0v) is 19.8. The summed E-state index contributed by atoms with van der Waals surface area (Å²) in [4.78, 5) is 16.8. The van der Waals surface area contributed by atoms with Crippen LogP contribution in [0.4, 0.5) is 5.13 Å². The molecule has 2 atom stereocenters. The Balaban J connectivity index is 1.74. The predicted molar refractivity (Wildman–Crippen MR) is 123 cm³/mol. The lowest BCUT2D eigenvalue weighted by molar-refractivity contribution is -0.117. The summed E-state index contributed by atoms with van der Waals surface area (Å²) < 4.78 is 31.5. The average molecular weight is 481 g/mol. The minimum Gasteiger partial charge on any atom is -0.497 e. The summed E-state index contributed by atoms with van der Waals surface area (Å²) in [6.07, 6.45) is 0. The fourth-order valence-electron chi connectivity index (χ4n) is 2.81. The molecule has 0 saturated heterocycles. The van der Waals surface area contributed by atoms with Crippen molar-refractivity contribution in [3.8, 4) is 5.75 Å². The highest BCUT2D eigenvalue weighted by Gasteiger charge is 2.25. The molecule has 158 valence electrons. The molecule has 0 aliphatic heterocycles. The van der Waals surface area contributed by atoms with Crippen molar-refractivity contribution >= 4 is 53.8 Å². The maximum atomic E-state index is 12.9. The number of nitrogens with zero attached hydrogens (tertiary/aromatic N) is 1. The van der Waals surface area contributed by atoms with Crippen LogP contribution in [0.3, 0.4) is 0 Å². The van der Waals surface area contributed by atoms with Crippen LogP contribution in [-0.4, -0.2) is 26.4 Å². The number of ether oxygens (including phenoxy) is 1. The monoisotopic (exact) mass is 480 g/mol. The zero-order chi connectivity index (χ0) is 21.9. The quantitative estimate of drug-likeness (QED) is 0.369. The molecule has 0 saturated carbocycles. The summed E-state index contributed by atoms with van der Waals surface area (Å²) in [6, 6.07) is 13.4. The Kier molecular flexibility index (Phi) is 7.02. The number of carbonyl (C=O) groups is 1. The van der Waals surface area contributed by atoms with Crippen LogP contribution in [0.2, 0.25) is 0 Å². The smallest absolute Gasteiger partial charge is 0.233 e. The Bertz CT molecular complexity index is 1180.